The molecule has 0 aliphatic carbocycles. The molecule has 20 heavy (non-hydrogen) atoms. The van der Waals surface area contributed by atoms with Gasteiger partial charge in [-0.05, 0) is 33.1 Å². The van der Waals surface area contributed by atoms with Crippen LogP contribution in [-0.4, -0.2) is 46.2 Å². The second kappa shape index (κ2) is 5.35. The third-order valence-electron chi connectivity index (χ3n) is 3.31. The highest BCUT2D eigenvalue weighted by Crippen LogP contribution is 2.31. The van der Waals surface area contributed by atoms with Crippen LogP contribution in [0.5, 0.6) is 0 Å². The first-order valence-corrected chi connectivity index (χ1v) is 7.02. The van der Waals surface area contributed by atoms with Crippen molar-refractivity contribution in [3.63, 3.8) is 0 Å². The van der Waals surface area contributed by atoms with E-state index in [0.717, 1.165) is 0 Å². The summed E-state index contributed by atoms with van der Waals surface area (Å²) in [5, 5.41) is 8.89. The summed E-state index contributed by atoms with van der Waals surface area (Å²) < 4.78 is 5.95. The zero-order valence-corrected chi connectivity index (χ0v) is 13.4. The molecule has 0 bridgehead atoms. The number of morpholine rings is 1. The zero-order valence-electron chi connectivity index (χ0n) is 13.4. The van der Waals surface area contributed by atoms with Crippen LogP contribution in [-0.2, 0) is 14.3 Å². The Morgan fingerprint density at radius 3 is 1.95 bits per heavy atom. The third kappa shape index (κ3) is 5.12. The molecule has 1 amide bonds. The molecule has 116 valence electrons. The van der Waals surface area contributed by atoms with Crippen LogP contribution in [0, 0.1) is 5.41 Å². The maximum absolute atomic E-state index is 12.4. The fourth-order valence-electron chi connectivity index (χ4n) is 2.96. The molecule has 1 heterocycles. The Labute approximate surface area is 121 Å². The molecule has 1 aliphatic rings. The summed E-state index contributed by atoms with van der Waals surface area (Å²) in [6.07, 6.45) is 0.237. The summed E-state index contributed by atoms with van der Waals surface area (Å²) >= 11 is 0. The molecule has 0 aromatic heterocycles. The summed E-state index contributed by atoms with van der Waals surface area (Å²) in [6.45, 7) is 12.6. The van der Waals surface area contributed by atoms with Crippen molar-refractivity contribution in [1.29, 1.82) is 0 Å². The largest absolute Gasteiger partial charge is 0.481 e. The minimum Gasteiger partial charge on any atom is -0.481 e. The second-order valence-corrected chi connectivity index (χ2v) is 7.78. The summed E-state index contributed by atoms with van der Waals surface area (Å²) in [5.41, 5.74) is -1.29. The van der Waals surface area contributed by atoms with Gasteiger partial charge in [0.25, 0.3) is 0 Å². The van der Waals surface area contributed by atoms with E-state index in [-0.39, 0.29) is 30.0 Å². The Morgan fingerprint density at radius 2 is 1.55 bits per heavy atom. The van der Waals surface area contributed by atoms with Crippen LogP contribution in [0.25, 0.3) is 0 Å². The van der Waals surface area contributed by atoms with Gasteiger partial charge < -0.3 is 14.7 Å². The van der Waals surface area contributed by atoms with Gasteiger partial charge in [-0.15, -0.1) is 0 Å². The predicted octanol–water partition coefficient (Wildman–Crippen LogP) is 2.29. The molecule has 1 aliphatic heterocycles. The van der Waals surface area contributed by atoms with Crippen LogP contribution < -0.4 is 0 Å². The third-order valence-corrected chi connectivity index (χ3v) is 3.31. The van der Waals surface area contributed by atoms with Gasteiger partial charge in [0, 0.05) is 19.5 Å². The van der Waals surface area contributed by atoms with Crippen LogP contribution in [0.15, 0.2) is 0 Å². The van der Waals surface area contributed by atoms with E-state index in [1.807, 2.05) is 41.5 Å². The first-order chi connectivity index (χ1) is 8.82. The van der Waals surface area contributed by atoms with E-state index in [0.29, 0.717) is 13.1 Å². The van der Waals surface area contributed by atoms with Gasteiger partial charge in [-0.2, -0.15) is 0 Å². The number of carbonyl (C=O) groups is 2. The van der Waals surface area contributed by atoms with E-state index in [4.69, 9.17) is 9.84 Å². The molecular formula is C15H27NO4. The number of amides is 1. The summed E-state index contributed by atoms with van der Waals surface area (Å²) in [7, 11) is 0. The minimum atomic E-state index is -0.870. The summed E-state index contributed by atoms with van der Waals surface area (Å²) in [4.78, 5) is 25.1. The Bertz CT molecular complexity index is 383. The van der Waals surface area contributed by atoms with Gasteiger partial charge in [0.2, 0.25) is 5.91 Å². The molecule has 5 nitrogen and oxygen atoms in total. The SMILES string of the molecule is CC(C)(CC(=O)O)CC(=O)N1CC(C)(C)OC(C)(C)C1. The van der Waals surface area contributed by atoms with Gasteiger partial charge >= 0.3 is 5.97 Å². The Hall–Kier alpha value is -1.10. The molecule has 0 radical (unpaired) electrons. The van der Waals surface area contributed by atoms with Crippen molar-refractivity contribution in [1.82, 2.24) is 4.90 Å². The number of hydrogen-bond acceptors (Lipinski definition) is 3. The van der Waals surface area contributed by atoms with Crippen molar-refractivity contribution >= 4 is 11.9 Å². The Morgan fingerprint density at radius 1 is 1.10 bits per heavy atom. The van der Waals surface area contributed by atoms with E-state index >= 15 is 0 Å². The van der Waals surface area contributed by atoms with Crippen LogP contribution >= 0.6 is 0 Å². The number of ether oxygens (including phenoxy) is 1. The van der Waals surface area contributed by atoms with Crippen molar-refractivity contribution < 1.29 is 19.4 Å². The second-order valence-electron chi connectivity index (χ2n) is 7.78. The molecule has 1 N–H and O–H groups in total. The lowest BCUT2D eigenvalue weighted by Crippen LogP contribution is -2.59. The first-order valence-electron chi connectivity index (χ1n) is 7.02. The Balaban J connectivity index is 2.74. The van der Waals surface area contributed by atoms with Crippen LogP contribution in [0.2, 0.25) is 0 Å². The van der Waals surface area contributed by atoms with Crippen molar-refractivity contribution in [2.45, 2.75) is 65.6 Å². The highest BCUT2D eigenvalue weighted by atomic mass is 16.5. The van der Waals surface area contributed by atoms with Gasteiger partial charge in [-0.1, -0.05) is 13.8 Å². The average Bonchev–Trinajstić information content (AvgIpc) is 2.08. The van der Waals surface area contributed by atoms with Crippen LogP contribution in [0.3, 0.4) is 0 Å². The van der Waals surface area contributed by atoms with E-state index in [1.54, 1.807) is 4.90 Å². The molecule has 1 rings (SSSR count). The first kappa shape index (κ1) is 17.0. The van der Waals surface area contributed by atoms with Crippen molar-refractivity contribution in [2.24, 2.45) is 5.41 Å². The minimum absolute atomic E-state index is 0.000648. The summed E-state index contributed by atoms with van der Waals surface area (Å²) in [5.74, 6) is -0.869. The topological polar surface area (TPSA) is 66.8 Å². The maximum atomic E-state index is 12.4. The standard InChI is InChI=1S/C15H27NO4/c1-13(2,8-12(18)19)7-11(17)16-9-14(3,4)20-15(5,6)10-16/h7-10H2,1-6H3,(H,18,19). The van der Waals surface area contributed by atoms with Crippen LogP contribution in [0.1, 0.15) is 54.4 Å². The van der Waals surface area contributed by atoms with Crippen LogP contribution in [0.4, 0.5) is 0 Å². The number of nitrogens with zero attached hydrogens (tertiary/aromatic N) is 1. The Kier molecular flexibility index (Phi) is 4.54. The molecule has 5 heteroatoms. The fraction of sp³-hybridized carbons (Fsp3) is 0.867. The highest BCUT2D eigenvalue weighted by Gasteiger charge is 2.40. The van der Waals surface area contributed by atoms with E-state index < -0.39 is 11.4 Å². The predicted molar refractivity (Wildman–Crippen MR) is 76.5 cm³/mol. The molecule has 1 fully saturated rings. The van der Waals surface area contributed by atoms with Gasteiger partial charge in [0.05, 0.1) is 17.6 Å². The molecule has 1 saturated heterocycles. The lowest BCUT2D eigenvalue weighted by Gasteiger charge is -2.47. The molecule has 0 unspecified atom stereocenters. The van der Waals surface area contributed by atoms with E-state index in [9.17, 15) is 9.59 Å². The molecule has 0 atom stereocenters. The van der Waals surface area contributed by atoms with Crippen molar-refractivity contribution in [3.05, 3.63) is 0 Å². The number of aliphatic carboxylic acids is 1. The smallest absolute Gasteiger partial charge is 0.303 e. The lowest BCUT2D eigenvalue weighted by atomic mass is 9.84. The van der Waals surface area contributed by atoms with Gasteiger partial charge in [-0.3, -0.25) is 9.59 Å². The number of carboxylic acids is 1. The van der Waals surface area contributed by atoms with Gasteiger partial charge in [0.15, 0.2) is 0 Å². The zero-order chi connectivity index (χ0) is 15.8. The molecule has 0 aromatic carbocycles. The normalized spacial score (nSPS) is 21.6. The fourth-order valence-corrected chi connectivity index (χ4v) is 2.96. The van der Waals surface area contributed by atoms with E-state index in [2.05, 4.69) is 0 Å². The van der Waals surface area contributed by atoms with Crippen molar-refractivity contribution in [3.8, 4) is 0 Å². The summed E-state index contributed by atoms with van der Waals surface area (Å²) in [6, 6.07) is 0. The monoisotopic (exact) mass is 285 g/mol. The van der Waals surface area contributed by atoms with Crippen molar-refractivity contribution in [2.75, 3.05) is 13.1 Å². The maximum Gasteiger partial charge on any atom is 0.303 e. The molecular weight excluding hydrogens is 258 g/mol. The van der Waals surface area contributed by atoms with Gasteiger partial charge in [0.1, 0.15) is 0 Å². The van der Waals surface area contributed by atoms with Gasteiger partial charge in [-0.25, -0.2) is 0 Å². The highest BCUT2D eigenvalue weighted by molar-refractivity contribution is 5.78. The number of carbonyl (C=O) groups excluding carboxylic acids is 1. The average molecular weight is 285 g/mol. The lowest BCUT2D eigenvalue weighted by molar-refractivity contribution is -0.189. The number of rotatable bonds is 4. The molecule has 0 saturated carbocycles. The molecule has 0 aromatic rings. The molecule has 0 spiro atoms. The number of carboxylic acid groups (broad SMARTS) is 1. The quantitative estimate of drug-likeness (QED) is 0.860. The number of hydrogen-bond donors (Lipinski definition) is 1. The van der Waals surface area contributed by atoms with E-state index in [1.165, 1.54) is 0 Å².